The van der Waals surface area contributed by atoms with Crippen molar-refractivity contribution in [2.45, 2.75) is 33.2 Å². The Morgan fingerprint density at radius 3 is 2.07 bits per heavy atom. The molecule has 8 nitrogen and oxygen atoms in total. The number of nitrogens with zero attached hydrogens (tertiary/aromatic N) is 3. The zero-order valence-electron chi connectivity index (χ0n) is 16.9. The highest BCUT2D eigenvalue weighted by Crippen LogP contribution is 2.24. The van der Waals surface area contributed by atoms with Gasteiger partial charge in [0.2, 0.25) is 15.9 Å². The number of ether oxygens (including phenoxy) is 1. The third-order valence-electron chi connectivity index (χ3n) is 4.72. The lowest BCUT2D eigenvalue weighted by molar-refractivity contribution is -0.134. The molecule has 1 aliphatic rings. The zero-order valence-corrected chi connectivity index (χ0v) is 17.7. The molecule has 9 heteroatoms. The lowest BCUT2D eigenvalue weighted by Gasteiger charge is -2.38. The molecule has 0 unspecified atom stereocenters. The molecular weight excluding hydrogens is 382 g/mol. The van der Waals surface area contributed by atoms with Crippen LogP contribution in [0.2, 0.25) is 0 Å². The molecule has 0 aliphatic carbocycles. The molecule has 0 radical (unpaired) electrons. The number of hydrogen-bond donors (Lipinski definition) is 0. The Labute approximate surface area is 167 Å². The number of aryl methyl sites for hydroxylation is 1. The van der Waals surface area contributed by atoms with Gasteiger partial charge in [-0.3, -0.25) is 9.10 Å². The first kappa shape index (κ1) is 22.0. The Morgan fingerprint density at radius 2 is 1.61 bits per heavy atom. The summed E-state index contributed by atoms with van der Waals surface area (Å²) in [7, 11) is -3.66. The third kappa shape index (κ3) is 5.15. The maximum Gasteiger partial charge on any atom is 0.409 e. The van der Waals surface area contributed by atoms with E-state index in [0.717, 1.165) is 11.8 Å². The van der Waals surface area contributed by atoms with Crippen LogP contribution in [0.25, 0.3) is 0 Å². The van der Waals surface area contributed by atoms with Gasteiger partial charge in [-0.2, -0.15) is 0 Å². The van der Waals surface area contributed by atoms with Crippen molar-refractivity contribution in [3.05, 3.63) is 29.8 Å². The molecule has 1 heterocycles. The Bertz CT molecular complexity index is 786. The van der Waals surface area contributed by atoms with Crippen molar-refractivity contribution >= 4 is 27.7 Å². The van der Waals surface area contributed by atoms with Crippen molar-refractivity contribution in [3.8, 4) is 0 Å². The SMILES string of the molecule is CCOC(=O)N1CCN(C(=O)[C@H](CC)N(c2ccc(C)cc2)S(C)(=O)=O)CC1. The fourth-order valence-corrected chi connectivity index (χ4v) is 4.48. The lowest BCUT2D eigenvalue weighted by Crippen LogP contribution is -2.56. The number of rotatable bonds is 6. The number of piperazine rings is 1. The molecule has 0 aromatic heterocycles. The van der Waals surface area contributed by atoms with Gasteiger partial charge in [0.05, 0.1) is 18.6 Å². The van der Waals surface area contributed by atoms with E-state index in [-0.39, 0.29) is 12.0 Å². The first-order valence-electron chi connectivity index (χ1n) is 9.45. The van der Waals surface area contributed by atoms with Gasteiger partial charge in [0.1, 0.15) is 6.04 Å². The summed E-state index contributed by atoms with van der Waals surface area (Å²) in [6.45, 7) is 7.18. The van der Waals surface area contributed by atoms with Gasteiger partial charge in [0.25, 0.3) is 0 Å². The molecule has 0 N–H and O–H groups in total. The summed E-state index contributed by atoms with van der Waals surface area (Å²) in [4.78, 5) is 28.2. The topological polar surface area (TPSA) is 87.2 Å². The average Bonchev–Trinajstić information content (AvgIpc) is 2.66. The van der Waals surface area contributed by atoms with Crippen LogP contribution in [0, 0.1) is 6.92 Å². The monoisotopic (exact) mass is 411 g/mol. The largest absolute Gasteiger partial charge is 0.450 e. The number of amides is 2. The summed E-state index contributed by atoms with van der Waals surface area (Å²) >= 11 is 0. The standard InChI is InChI=1S/C19H29N3O5S/c1-5-17(22(28(4,25)26)16-9-7-15(3)8-10-16)18(23)20-11-13-21(14-12-20)19(24)27-6-2/h7-10,17H,5-6,11-14H2,1-4H3/t17-/m0/s1. The Hall–Kier alpha value is -2.29. The molecular formula is C19H29N3O5S. The molecule has 0 saturated carbocycles. The minimum Gasteiger partial charge on any atom is -0.450 e. The van der Waals surface area contributed by atoms with Gasteiger partial charge in [-0.05, 0) is 32.4 Å². The van der Waals surface area contributed by atoms with Gasteiger partial charge in [-0.25, -0.2) is 13.2 Å². The van der Waals surface area contributed by atoms with Crippen molar-refractivity contribution in [1.29, 1.82) is 0 Å². The van der Waals surface area contributed by atoms with Crippen LogP contribution in [0.3, 0.4) is 0 Å². The maximum absolute atomic E-state index is 13.1. The van der Waals surface area contributed by atoms with E-state index in [2.05, 4.69) is 0 Å². The maximum atomic E-state index is 13.1. The molecule has 1 aromatic rings. The number of carbonyl (C=O) groups excluding carboxylic acids is 2. The predicted molar refractivity (Wildman–Crippen MR) is 108 cm³/mol. The first-order valence-corrected chi connectivity index (χ1v) is 11.3. The van der Waals surface area contributed by atoms with Crippen LogP contribution >= 0.6 is 0 Å². The van der Waals surface area contributed by atoms with Crippen LogP contribution in [0.1, 0.15) is 25.8 Å². The van der Waals surface area contributed by atoms with Crippen LogP contribution in [0.5, 0.6) is 0 Å². The molecule has 28 heavy (non-hydrogen) atoms. The van der Waals surface area contributed by atoms with Crippen LogP contribution in [-0.2, 0) is 19.6 Å². The normalized spacial score (nSPS) is 15.9. The smallest absolute Gasteiger partial charge is 0.409 e. The van der Waals surface area contributed by atoms with Gasteiger partial charge in [0, 0.05) is 26.2 Å². The van der Waals surface area contributed by atoms with E-state index in [4.69, 9.17) is 4.74 Å². The van der Waals surface area contributed by atoms with Crippen molar-refractivity contribution in [3.63, 3.8) is 0 Å². The Balaban J connectivity index is 2.19. The summed E-state index contributed by atoms with van der Waals surface area (Å²) in [5.74, 6) is -0.253. The molecule has 1 saturated heterocycles. The number of hydrogen-bond acceptors (Lipinski definition) is 5. The third-order valence-corrected chi connectivity index (χ3v) is 5.90. The molecule has 0 bridgehead atoms. The van der Waals surface area contributed by atoms with E-state index in [9.17, 15) is 18.0 Å². The second kappa shape index (κ2) is 9.27. The second-order valence-electron chi connectivity index (χ2n) is 6.83. The lowest BCUT2D eigenvalue weighted by atomic mass is 10.1. The van der Waals surface area contributed by atoms with E-state index < -0.39 is 16.1 Å². The Morgan fingerprint density at radius 1 is 1.07 bits per heavy atom. The highest BCUT2D eigenvalue weighted by molar-refractivity contribution is 7.92. The first-order chi connectivity index (χ1) is 13.2. The number of sulfonamides is 1. The van der Waals surface area contributed by atoms with Crippen molar-refractivity contribution in [1.82, 2.24) is 9.80 Å². The highest BCUT2D eigenvalue weighted by Gasteiger charge is 2.35. The van der Waals surface area contributed by atoms with Gasteiger partial charge in [0.15, 0.2) is 0 Å². The van der Waals surface area contributed by atoms with Gasteiger partial charge in [-0.15, -0.1) is 0 Å². The highest BCUT2D eigenvalue weighted by atomic mass is 32.2. The van der Waals surface area contributed by atoms with Gasteiger partial charge in [-0.1, -0.05) is 24.6 Å². The second-order valence-corrected chi connectivity index (χ2v) is 8.69. The quantitative estimate of drug-likeness (QED) is 0.713. The van der Waals surface area contributed by atoms with Crippen LogP contribution in [0.15, 0.2) is 24.3 Å². The number of carbonyl (C=O) groups is 2. The van der Waals surface area contributed by atoms with E-state index in [1.165, 1.54) is 4.31 Å². The zero-order chi connectivity index (χ0) is 20.9. The summed E-state index contributed by atoms with van der Waals surface area (Å²) in [6, 6.07) is 6.24. The summed E-state index contributed by atoms with van der Waals surface area (Å²) in [6.07, 6.45) is 1.07. The fourth-order valence-electron chi connectivity index (χ4n) is 3.27. The summed E-state index contributed by atoms with van der Waals surface area (Å²) in [5, 5.41) is 0. The van der Waals surface area contributed by atoms with Gasteiger partial charge >= 0.3 is 6.09 Å². The fraction of sp³-hybridized carbons (Fsp3) is 0.579. The molecule has 2 rings (SSSR count). The molecule has 0 spiro atoms. The predicted octanol–water partition coefficient (Wildman–Crippen LogP) is 1.84. The van der Waals surface area contributed by atoms with E-state index in [1.54, 1.807) is 35.8 Å². The minimum atomic E-state index is -3.66. The van der Waals surface area contributed by atoms with E-state index >= 15 is 0 Å². The summed E-state index contributed by atoms with van der Waals surface area (Å²) < 4.78 is 31.2. The number of anilines is 1. The average molecular weight is 412 g/mol. The van der Waals surface area contributed by atoms with Gasteiger partial charge < -0.3 is 14.5 Å². The van der Waals surface area contributed by atoms with Crippen LogP contribution in [-0.4, -0.2) is 75.3 Å². The van der Waals surface area contributed by atoms with Crippen LogP contribution < -0.4 is 4.31 Å². The van der Waals surface area contributed by atoms with Crippen LogP contribution in [0.4, 0.5) is 10.5 Å². The molecule has 2 amide bonds. The molecule has 1 atom stereocenters. The minimum absolute atomic E-state index is 0.253. The summed E-state index contributed by atoms with van der Waals surface area (Å²) in [5.41, 5.74) is 1.48. The van der Waals surface area contributed by atoms with Crippen molar-refractivity contribution in [2.75, 3.05) is 43.3 Å². The molecule has 1 aromatic carbocycles. The van der Waals surface area contributed by atoms with Crippen molar-refractivity contribution in [2.24, 2.45) is 0 Å². The van der Waals surface area contributed by atoms with Crippen molar-refractivity contribution < 1.29 is 22.7 Å². The molecule has 1 fully saturated rings. The van der Waals surface area contributed by atoms with E-state index in [1.807, 2.05) is 19.1 Å². The Kier molecular flexibility index (Phi) is 7.29. The molecule has 156 valence electrons. The number of benzene rings is 1. The molecule has 1 aliphatic heterocycles. The van der Waals surface area contributed by atoms with E-state index in [0.29, 0.717) is 44.9 Å².